The topological polar surface area (TPSA) is 49.3 Å². The second-order valence-electron chi connectivity index (χ2n) is 4.63. The van der Waals surface area contributed by atoms with Crippen LogP contribution in [0.1, 0.15) is 34.5 Å². The number of halogens is 1. The summed E-state index contributed by atoms with van der Waals surface area (Å²) in [7, 11) is 0. The summed E-state index contributed by atoms with van der Waals surface area (Å²) in [6.45, 7) is 2.80. The van der Waals surface area contributed by atoms with Crippen molar-refractivity contribution in [1.29, 1.82) is 0 Å². The average Bonchev–Trinajstić information content (AvgIpc) is 2.45. The average molecular weight is 334 g/mol. The Morgan fingerprint density at radius 3 is 2.45 bits per heavy atom. The van der Waals surface area contributed by atoms with Gasteiger partial charge in [0.05, 0.1) is 5.56 Å². The van der Waals surface area contributed by atoms with Crippen LogP contribution in [0, 0.1) is 0 Å². The summed E-state index contributed by atoms with van der Waals surface area (Å²) in [4.78, 5) is 10.8. The lowest BCUT2D eigenvalue weighted by Crippen LogP contribution is -2.18. The highest BCUT2D eigenvalue weighted by molar-refractivity contribution is 9.10. The molecule has 2 aromatic rings. The first-order valence-corrected chi connectivity index (χ1v) is 7.17. The van der Waals surface area contributed by atoms with Gasteiger partial charge in [0.1, 0.15) is 0 Å². The lowest BCUT2D eigenvalue weighted by atomic mass is 10.1. The zero-order valence-corrected chi connectivity index (χ0v) is 12.7. The Balaban J connectivity index is 1.98. The first kappa shape index (κ1) is 14.8. The molecule has 0 saturated heterocycles. The molecule has 3 nitrogen and oxygen atoms in total. The van der Waals surface area contributed by atoms with Crippen molar-refractivity contribution in [2.24, 2.45) is 0 Å². The summed E-state index contributed by atoms with van der Waals surface area (Å²) in [5.74, 6) is -0.897. The van der Waals surface area contributed by atoms with Gasteiger partial charge in [-0.15, -0.1) is 0 Å². The van der Waals surface area contributed by atoms with Gasteiger partial charge in [0.2, 0.25) is 0 Å². The number of aromatic carboxylic acids is 1. The molecule has 0 fully saturated rings. The SMILES string of the molecule is CC(NCc1ccc(C(=O)O)cc1)c1ccccc1Br. The predicted octanol–water partition coefficient (Wildman–Crippen LogP) is 4.00. The number of hydrogen-bond donors (Lipinski definition) is 2. The minimum Gasteiger partial charge on any atom is -0.478 e. The van der Waals surface area contributed by atoms with E-state index in [1.165, 1.54) is 5.56 Å². The van der Waals surface area contributed by atoms with Crippen molar-refractivity contribution < 1.29 is 9.90 Å². The molecule has 2 aromatic carbocycles. The Hall–Kier alpha value is -1.65. The third-order valence-corrected chi connectivity index (χ3v) is 3.91. The van der Waals surface area contributed by atoms with E-state index in [2.05, 4.69) is 34.2 Å². The van der Waals surface area contributed by atoms with Crippen molar-refractivity contribution in [3.63, 3.8) is 0 Å². The van der Waals surface area contributed by atoms with Crippen LogP contribution in [0.4, 0.5) is 0 Å². The molecular weight excluding hydrogens is 318 g/mol. The van der Waals surface area contributed by atoms with E-state index in [4.69, 9.17) is 5.11 Å². The van der Waals surface area contributed by atoms with E-state index in [-0.39, 0.29) is 6.04 Å². The number of hydrogen-bond acceptors (Lipinski definition) is 2. The Kier molecular flexibility index (Phi) is 4.93. The van der Waals surface area contributed by atoms with Crippen LogP contribution in [0.15, 0.2) is 53.0 Å². The van der Waals surface area contributed by atoms with E-state index < -0.39 is 5.97 Å². The first-order chi connectivity index (χ1) is 9.58. The largest absolute Gasteiger partial charge is 0.478 e. The van der Waals surface area contributed by atoms with Gasteiger partial charge in [-0.2, -0.15) is 0 Å². The number of carboxylic acid groups (broad SMARTS) is 1. The van der Waals surface area contributed by atoms with Crippen molar-refractivity contribution in [2.75, 3.05) is 0 Å². The van der Waals surface area contributed by atoms with Gasteiger partial charge in [-0.05, 0) is 36.2 Å². The third-order valence-electron chi connectivity index (χ3n) is 3.18. The first-order valence-electron chi connectivity index (χ1n) is 6.38. The van der Waals surface area contributed by atoms with Gasteiger partial charge in [-0.1, -0.05) is 46.3 Å². The lowest BCUT2D eigenvalue weighted by molar-refractivity contribution is 0.0697. The van der Waals surface area contributed by atoms with E-state index in [0.29, 0.717) is 12.1 Å². The lowest BCUT2D eigenvalue weighted by Gasteiger charge is -2.16. The molecule has 0 bridgehead atoms. The maximum Gasteiger partial charge on any atom is 0.335 e. The number of rotatable bonds is 5. The van der Waals surface area contributed by atoms with Crippen LogP contribution in [0.25, 0.3) is 0 Å². The highest BCUT2D eigenvalue weighted by Crippen LogP contribution is 2.22. The highest BCUT2D eigenvalue weighted by atomic mass is 79.9. The summed E-state index contributed by atoms with van der Waals surface area (Å²) in [6.07, 6.45) is 0. The molecular formula is C16H16BrNO2. The zero-order valence-electron chi connectivity index (χ0n) is 11.1. The fourth-order valence-corrected chi connectivity index (χ4v) is 2.60. The number of benzene rings is 2. The molecule has 1 unspecified atom stereocenters. The summed E-state index contributed by atoms with van der Waals surface area (Å²) >= 11 is 3.54. The molecule has 104 valence electrons. The predicted molar refractivity (Wildman–Crippen MR) is 82.8 cm³/mol. The Labute approximate surface area is 126 Å². The molecule has 0 aromatic heterocycles. The molecule has 0 saturated carbocycles. The van der Waals surface area contributed by atoms with Crippen LogP contribution in [0.3, 0.4) is 0 Å². The summed E-state index contributed by atoms with van der Waals surface area (Å²) < 4.78 is 1.08. The molecule has 20 heavy (non-hydrogen) atoms. The minimum absolute atomic E-state index is 0.213. The van der Waals surface area contributed by atoms with Crippen molar-refractivity contribution in [2.45, 2.75) is 19.5 Å². The van der Waals surface area contributed by atoms with Crippen molar-refractivity contribution in [3.8, 4) is 0 Å². The van der Waals surface area contributed by atoms with E-state index in [9.17, 15) is 4.79 Å². The second kappa shape index (κ2) is 6.68. The van der Waals surface area contributed by atoms with Gasteiger partial charge in [0.25, 0.3) is 0 Å². The molecule has 0 amide bonds. The van der Waals surface area contributed by atoms with E-state index in [1.807, 2.05) is 30.3 Å². The van der Waals surface area contributed by atoms with Crippen LogP contribution in [-0.4, -0.2) is 11.1 Å². The minimum atomic E-state index is -0.897. The molecule has 0 aliphatic heterocycles. The van der Waals surface area contributed by atoms with E-state index in [1.54, 1.807) is 12.1 Å². The van der Waals surface area contributed by atoms with Gasteiger partial charge >= 0.3 is 5.97 Å². The maximum atomic E-state index is 10.8. The molecule has 1 atom stereocenters. The van der Waals surface area contributed by atoms with Crippen molar-refractivity contribution in [3.05, 3.63) is 69.7 Å². The van der Waals surface area contributed by atoms with Gasteiger partial charge in [0, 0.05) is 17.1 Å². The Morgan fingerprint density at radius 1 is 1.20 bits per heavy atom. The van der Waals surface area contributed by atoms with E-state index in [0.717, 1.165) is 10.0 Å². The second-order valence-corrected chi connectivity index (χ2v) is 5.48. The highest BCUT2D eigenvalue weighted by Gasteiger charge is 2.08. The number of carbonyl (C=O) groups is 1. The van der Waals surface area contributed by atoms with Crippen LogP contribution in [0.5, 0.6) is 0 Å². The number of carboxylic acids is 1. The molecule has 2 rings (SSSR count). The molecule has 0 radical (unpaired) electrons. The van der Waals surface area contributed by atoms with Gasteiger partial charge in [-0.25, -0.2) is 4.79 Å². The molecule has 0 aliphatic carbocycles. The molecule has 0 spiro atoms. The van der Waals surface area contributed by atoms with Gasteiger partial charge in [0.15, 0.2) is 0 Å². The monoisotopic (exact) mass is 333 g/mol. The Bertz CT molecular complexity index is 596. The van der Waals surface area contributed by atoms with Crippen LogP contribution < -0.4 is 5.32 Å². The van der Waals surface area contributed by atoms with Crippen molar-refractivity contribution in [1.82, 2.24) is 5.32 Å². The van der Waals surface area contributed by atoms with Crippen LogP contribution >= 0.6 is 15.9 Å². The van der Waals surface area contributed by atoms with Crippen molar-refractivity contribution >= 4 is 21.9 Å². The summed E-state index contributed by atoms with van der Waals surface area (Å²) in [6, 6.07) is 15.2. The smallest absolute Gasteiger partial charge is 0.335 e. The molecule has 2 N–H and O–H groups in total. The summed E-state index contributed by atoms with van der Waals surface area (Å²) in [5.41, 5.74) is 2.58. The number of nitrogens with one attached hydrogen (secondary N) is 1. The quantitative estimate of drug-likeness (QED) is 0.869. The zero-order chi connectivity index (χ0) is 14.5. The van der Waals surface area contributed by atoms with Crippen LogP contribution in [-0.2, 0) is 6.54 Å². The maximum absolute atomic E-state index is 10.8. The fraction of sp³-hybridized carbons (Fsp3) is 0.188. The third kappa shape index (κ3) is 3.68. The van der Waals surface area contributed by atoms with Gasteiger partial charge in [-0.3, -0.25) is 0 Å². The van der Waals surface area contributed by atoms with E-state index >= 15 is 0 Å². The molecule has 4 heteroatoms. The molecule has 0 aliphatic rings. The fourth-order valence-electron chi connectivity index (χ4n) is 1.97. The van der Waals surface area contributed by atoms with Gasteiger partial charge < -0.3 is 10.4 Å². The standard InChI is InChI=1S/C16H16BrNO2/c1-11(14-4-2-3-5-15(14)17)18-10-12-6-8-13(9-7-12)16(19)20/h2-9,11,18H,10H2,1H3,(H,19,20). The van der Waals surface area contributed by atoms with Crippen LogP contribution in [0.2, 0.25) is 0 Å². The molecule has 0 heterocycles. The summed E-state index contributed by atoms with van der Waals surface area (Å²) in [5, 5.41) is 12.3. The normalized spacial score (nSPS) is 12.1. The Morgan fingerprint density at radius 2 is 1.85 bits per heavy atom.